The molecule has 1 atom stereocenters. The van der Waals surface area contributed by atoms with Gasteiger partial charge >= 0.3 is 6.18 Å². The second-order valence-corrected chi connectivity index (χ2v) is 7.48. The number of halogens is 4. The molecule has 0 N–H and O–H groups in total. The maximum Gasteiger partial charge on any atom is 0.417 e. The van der Waals surface area contributed by atoms with Gasteiger partial charge in [0.1, 0.15) is 17.5 Å². The number of likely N-dealkylation sites (N-methyl/N-ethyl adjacent to an activating group) is 1. The van der Waals surface area contributed by atoms with Crippen LogP contribution in [0.4, 0.5) is 24.8 Å². The molecule has 2 aromatic rings. The van der Waals surface area contributed by atoms with Gasteiger partial charge < -0.3 is 9.80 Å². The number of hydrogen-bond donors (Lipinski definition) is 0. The first-order valence-corrected chi connectivity index (χ1v) is 9.24. The molecule has 2 fully saturated rings. The van der Waals surface area contributed by atoms with Crippen molar-refractivity contribution < 1.29 is 13.2 Å². The maximum atomic E-state index is 12.8. The summed E-state index contributed by atoms with van der Waals surface area (Å²) in [7, 11) is 1.98. The van der Waals surface area contributed by atoms with Crippen LogP contribution >= 0.6 is 11.6 Å². The number of nitrogens with zero attached hydrogens (tertiary/aromatic N) is 5. The lowest BCUT2D eigenvalue weighted by molar-refractivity contribution is -0.137. The van der Waals surface area contributed by atoms with Crippen molar-refractivity contribution in [2.75, 3.05) is 29.9 Å². The number of hydrogen-bond acceptors (Lipinski definition) is 5. The van der Waals surface area contributed by atoms with Gasteiger partial charge in [0, 0.05) is 44.5 Å². The van der Waals surface area contributed by atoms with Crippen LogP contribution in [0.3, 0.4) is 0 Å². The number of rotatable bonds is 4. The molecular formula is C18H19ClF3N5. The van der Waals surface area contributed by atoms with Gasteiger partial charge in [0.2, 0.25) is 0 Å². The molecule has 2 aliphatic rings. The average molecular weight is 398 g/mol. The Morgan fingerprint density at radius 3 is 2.67 bits per heavy atom. The van der Waals surface area contributed by atoms with Gasteiger partial charge in [0.25, 0.3) is 0 Å². The molecule has 0 aromatic carbocycles. The van der Waals surface area contributed by atoms with Crippen LogP contribution in [0, 0.1) is 0 Å². The van der Waals surface area contributed by atoms with E-state index in [4.69, 9.17) is 11.6 Å². The van der Waals surface area contributed by atoms with Crippen LogP contribution in [0.1, 0.15) is 36.6 Å². The highest BCUT2D eigenvalue weighted by atomic mass is 35.5. The van der Waals surface area contributed by atoms with E-state index in [0.717, 1.165) is 43.2 Å². The number of pyridine rings is 1. The Hall–Kier alpha value is -2.09. The van der Waals surface area contributed by atoms with Gasteiger partial charge in [-0.05, 0) is 31.4 Å². The van der Waals surface area contributed by atoms with Crippen LogP contribution < -0.4 is 9.80 Å². The molecule has 4 rings (SSSR count). The van der Waals surface area contributed by atoms with Gasteiger partial charge in [-0.2, -0.15) is 13.2 Å². The van der Waals surface area contributed by atoms with E-state index >= 15 is 0 Å². The van der Waals surface area contributed by atoms with Gasteiger partial charge in [-0.1, -0.05) is 11.6 Å². The van der Waals surface area contributed by atoms with E-state index in [9.17, 15) is 13.2 Å². The molecule has 27 heavy (non-hydrogen) atoms. The molecule has 0 amide bonds. The van der Waals surface area contributed by atoms with Crippen molar-refractivity contribution in [3.8, 4) is 0 Å². The van der Waals surface area contributed by atoms with Crippen LogP contribution in [-0.2, 0) is 6.18 Å². The molecule has 0 spiro atoms. The van der Waals surface area contributed by atoms with Crippen molar-refractivity contribution in [1.29, 1.82) is 0 Å². The summed E-state index contributed by atoms with van der Waals surface area (Å²) >= 11 is 6.08. The molecule has 9 heteroatoms. The minimum Gasteiger partial charge on any atom is -0.355 e. The maximum absolute atomic E-state index is 12.8. The fourth-order valence-electron chi connectivity index (χ4n) is 3.35. The van der Waals surface area contributed by atoms with Crippen molar-refractivity contribution in [3.63, 3.8) is 0 Å². The normalized spacial score (nSPS) is 20.2. The predicted molar refractivity (Wildman–Crippen MR) is 97.3 cm³/mol. The molecule has 1 aliphatic carbocycles. The van der Waals surface area contributed by atoms with Gasteiger partial charge in [0.05, 0.1) is 10.6 Å². The summed E-state index contributed by atoms with van der Waals surface area (Å²) in [5, 5.41) is 0.0196. The summed E-state index contributed by atoms with van der Waals surface area (Å²) in [6.07, 6.45) is 1.30. The monoisotopic (exact) mass is 397 g/mol. The minimum absolute atomic E-state index is 0.0196. The van der Waals surface area contributed by atoms with Gasteiger partial charge in [0.15, 0.2) is 0 Å². The van der Waals surface area contributed by atoms with E-state index in [1.165, 1.54) is 0 Å². The molecule has 5 nitrogen and oxygen atoms in total. The van der Waals surface area contributed by atoms with E-state index in [1.807, 2.05) is 18.0 Å². The molecule has 2 aromatic heterocycles. The quantitative estimate of drug-likeness (QED) is 0.776. The summed E-state index contributed by atoms with van der Waals surface area (Å²) in [6.45, 7) is 1.30. The number of anilines is 2. The molecule has 3 heterocycles. The molecule has 0 radical (unpaired) electrons. The fourth-order valence-corrected chi connectivity index (χ4v) is 3.64. The average Bonchev–Trinajstić information content (AvgIpc) is 3.38. The second-order valence-electron chi connectivity index (χ2n) is 7.07. The zero-order chi connectivity index (χ0) is 19.2. The summed E-state index contributed by atoms with van der Waals surface area (Å²) in [4.78, 5) is 17.0. The third kappa shape index (κ3) is 3.81. The highest BCUT2D eigenvalue weighted by Crippen LogP contribution is 2.38. The molecule has 1 saturated carbocycles. The smallest absolute Gasteiger partial charge is 0.355 e. The Kier molecular flexibility index (Phi) is 4.61. The summed E-state index contributed by atoms with van der Waals surface area (Å²) in [5.41, 5.74) is -0.835. The summed E-state index contributed by atoms with van der Waals surface area (Å²) < 4.78 is 38.4. The Balaban J connectivity index is 1.47. The van der Waals surface area contributed by atoms with Crippen molar-refractivity contribution in [2.24, 2.45) is 0 Å². The molecule has 1 unspecified atom stereocenters. The Labute approximate surface area is 160 Å². The zero-order valence-electron chi connectivity index (χ0n) is 14.7. The molecule has 0 bridgehead atoms. The summed E-state index contributed by atoms with van der Waals surface area (Å²) in [6, 6.07) is 3.00. The van der Waals surface area contributed by atoms with Crippen LogP contribution in [0.2, 0.25) is 5.02 Å². The standard InChI is InChI=1S/C18H19ClF3N5/c1-26(15-4-6-23-16(25-15)11-2-3-11)13-5-7-27(10-13)17-14(19)8-12(9-24-17)18(20,21)22/h4,6,8-9,11,13H,2-3,5,7,10H2,1H3. The number of aromatic nitrogens is 3. The first-order chi connectivity index (χ1) is 12.8. The fraction of sp³-hybridized carbons (Fsp3) is 0.500. The first-order valence-electron chi connectivity index (χ1n) is 8.86. The molecule has 1 saturated heterocycles. The number of alkyl halides is 3. The highest BCUT2D eigenvalue weighted by Gasteiger charge is 2.34. The SMILES string of the molecule is CN(c1ccnc(C2CC2)n1)C1CCN(c2ncc(C(F)(F)F)cc2Cl)C1. The minimum atomic E-state index is -4.45. The highest BCUT2D eigenvalue weighted by molar-refractivity contribution is 6.33. The van der Waals surface area contributed by atoms with Crippen molar-refractivity contribution in [1.82, 2.24) is 15.0 Å². The van der Waals surface area contributed by atoms with Gasteiger partial charge in [-0.25, -0.2) is 15.0 Å². The summed E-state index contributed by atoms with van der Waals surface area (Å²) in [5.74, 6) is 2.63. The van der Waals surface area contributed by atoms with Crippen molar-refractivity contribution in [2.45, 2.75) is 37.4 Å². The van der Waals surface area contributed by atoms with Crippen LogP contribution in [0.5, 0.6) is 0 Å². The lowest BCUT2D eigenvalue weighted by Crippen LogP contribution is -2.35. The van der Waals surface area contributed by atoms with E-state index in [1.54, 1.807) is 6.20 Å². The van der Waals surface area contributed by atoms with E-state index in [-0.39, 0.29) is 11.1 Å². The molecule has 144 valence electrons. The third-order valence-corrected chi connectivity index (χ3v) is 5.40. The molecular weight excluding hydrogens is 379 g/mol. The van der Waals surface area contributed by atoms with E-state index in [0.29, 0.717) is 24.8 Å². The van der Waals surface area contributed by atoms with Gasteiger partial charge in [-0.3, -0.25) is 0 Å². The van der Waals surface area contributed by atoms with Crippen LogP contribution in [0.25, 0.3) is 0 Å². The zero-order valence-corrected chi connectivity index (χ0v) is 15.5. The van der Waals surface area contributed by atoms with Gasteiger partial charge in [-0.15, -0.1) is 0 Å². The van der Waals surface area contributed by atoms with Crippen molar-refractivity contribution in [3.05, 3.63) is 40.9 Å². The Morgan fingerprint density at radius 2 is 2.00 bits per heavy atom. The largest absolute Gasteiger partial charge is 0.417 e. The third-order valence-electron chi connectivity index (χ3n) is 5.12. The van der Waals surface area contributed by atoms with Crippen molar-refractivity contribution >= 4 is 23.2 Å². The van der Waals surface area contributed by atoms with E-state index < -0.39 is 11.7 Å². The Bertz CT molecular complexity index is 840. The second kappa shape index (κ2) is 6.82. The van der Waals surface area contributed by atoms with Crippen LogP contribution in [0.15, 0.2) is 24.5 Å². The topological polar surface area (TPSA) is 45.2 Å². The van der Waals surface area contributed by atoms with Crippen LogP contribution in [-0.4, -0.2) is 41.1 Å². The lowest BCUT2D eigenvalue weighted by atomic mass is 10.2. The first kappa shape index (κ1) is 18.3. The Morgan fingerprint density at radius 1 is 1.22 bits per heavy atom. The molecule has 1 aliphatic heterocycles. The predicted octanol–water partition coefficient (Wildman–Crippen LogP) is 4.14. The lowest BCUT2D eigenvalue weighted by Gasteiger charge is -2.26. The van der Waals surface area contributed by atoms with E-state index in [2.05, 4.69) is 19.9 Å².